The van der Waals surface area contributed by atoms with Crippen molar-refractivity contribution in [1.29, 1.82) is 0 Å². The number of hydrogen-bond acceptors (Lipinski definition) is 7. The maximum Gasteiger partial charge on any atom is 0.331 e. The van der Waals surface area contributed by atoms with Crippen molar-refractivity contribution < 1.29 is 29.3 Å². The summed E-state index contributed by atoms with van der Waals surface area (Å²) in [5.74, 6) is -2.34. The van der Waals surface area contributed by atoms with Crippen LogP contribution in [0, 0.1) is 20.2 Å². The summed E-state index contributed by atoms with van der Waals surface area (Å²) in [5.41, 5.74) is -0.999. The smallest absolute Gasteiger partial charge is 0.331 e. The molecule has 1 rings (SSSR count). The van der Waals surface area contributed by atoms with Crippen molar-refractivity contribution in [3.63, 3.8) is 0 Å². The van der Waals surface area contributed by atoms with Crippen LogP contribution in [0.3, 0.4) is 0 Å². The Labute approximate surface area is 116 Å². The van der Waals surface area contributed by atoms with E-state index >= 15 is 0 Å². The van der Waals surface area contributed by atoms with Gasteiger partial charge in [0.25, 0.3) is 11.4 Å². The molecule has 10 heteroatoms. The number of carbonyl (C=O) groups is 2. The van der Waals surface area contributed by atoms with Crippen molar-refractivity contribution in [3.8, 4) is 0 Å². The van der Waals surface area contributed by atoms with E-state index in [1.807, 2.05) is 0 Å². The predicted molar refractivity (Wildman–Crippen MR) is 66.3 cm³/mol. The van der Waals surface area contributed by atoms with Crippen molar-refractivity contribution in [2.75, 3.05) is 0 Å². The van der Waals surface area contributed by atoms with Gasteiger partial charge in [0.2, 0.25) is 0 Å². The molecular weight excluding hydrogens is 288 g/mol. The van der Waals surface area contributed by atoms with Crippen LogP contribution in [-0.4, -0.2) is 26.9 Å². The fourth-order valence-corrected chi connectivity index (χ4v) is 1.29. The Bertz CT molecular complexity index is 605. The van der Waals surface area contributed by atoms with Gasteiger partial charge in [0.1, 0.15) is 6.61 Å². The number of carboxylic acid groups (broad SMARTS) is 1. The second-order valence-corrected chi connectivity index (χ2v) is 3.65. The maximum absolute atomic E-state index is 11.1. The number of nitro groups is 2. The van der Waals surface area contributed by atoms with Crippen molar-refractivity contribution in [3.05, 3.63) is 56.1 Å². The van der Waals surface area contributed by atoms with Crippen LogP contribution >= 0.6 is 0 Å². The molecular formula is C11H8N2O8. The molecule has 0 aromatic heterocycles. The van der Waals surface area contributed by atoms with E-state index in [-0.39, 0.29) is 5.56 Å². The maximum atomic E-state index is 11.1. The van der Waals surface area contributed by atoms with Gasteiger partial charge in [-0.2, -0.15) is 0 Å². The molecule has 0 fully saturated rings. The normalized spacial score (nSPS) is 10.3. The van der Waals surface area contributed by atoms with Crippen LogP contribution in [0.5, 0.6) is 0 Å². The van der Waals surface area contributed by atoms with Crippen molar-refractivity contribution in [2.24, 2.45) is 0 Å². The number of esters is 1. The number of rotatable bonds is 6. The lowest BCUT2D eigenvalue weighted by molar-refractivity contribution is -0.394. The van der Waals surface area contributed by atoms with E-state index in [1.165, 1.54) is 0 Å². The van der Waals surface area contributed by atoms with E-state index in [1.54, 1.807) is 0 Å². The summed E-state index contributed by atoms with van der Waals surface area (Å²) < 4.78 is 4.61. The van der Waals surface area contributed by atoms with Gasteiger partial charge in [-0.05, 0) is 0 Å². The minimum Gasteiger partial charge on any atom is -0.478 e. The van der Waals surface area contributed by atoms with Crippen LogP contribution in [0.2, 0.25) is 0 Å². The molecule has 0 heterocycles. The van der Waals surface area contributed by atoms with E-state index < -0.39 is 39.8 Å². The molecule has 0 spiro atoms. The largest absolute Gasteiger partial charge is 0.478 e. The van der Waals surface area contributed by atoms with Gasteiger partial charge in [-0.15, -0.1) is 0 Å². The second kappa shape index (κ2) is 6.75. The SMILES string of the molecule is O=C(O)/C=C\C(=O)OCc1cc([N+](=O)[O-])cc([N+](=O)[O-])c1. The number of hydrogen-bond donors (Lipinski definition) is 1. The average molecular weight is 296 g/mol. The highest BCUT2D eigenvalue weighted by Gasteiger charge is 2.16. The van der Waals surface area contributed by atoms with Gasteiger partial charge in [-0.25, -0.2) is 9.59 Å². The zero-order valence-electron chi connectivity index (χ0n) is 10.3. The lowest BCUT2D eigenvalue weighted by Gasteiger charge is -2.02. The third-order valence-electron chi connectivity index (χ3n) is 2.13. The minimum atomic E-state index is -1.35. The summed E-state index contributed by atoms with van der Waals surface area (Å²) in [5, 5.41) is 29.6. The van der Waals surface area contributed by atoms with Gasteiger partial charge in [-0.3, -0.25) is 20.2 Å². The van der Waals surface area contributed by atoms with Crippen LogP contribution in [0.4, 0.5) is 11.4 Å². The van der Waals surface area contributed by atoms with Crippen LogP contribution in [0.25, 0.3) is 0 Å². The fraction of sp³-hybridized carbons (Fsp3) is 0.0909. The summed E-state index contributed by atoms with van der Waals surface area (Å²) in [7, 11) is 0. The lowest BCUT2D eigenvalue weighted by atomic mass is 10.2. The molecule has 1 aromatic rings. The van der Waals surface area contributed by atoms with E-state index in [4.69, 9.17) is 5.11 Å². The monoisotopic (exact) mass is 296 g/mol. The van der Waals surface area contributed by atoms with E-state index in [0.29, 0.717) is 12.2 Å². The molecule has 0 radical (unpaired) electrons. The highest BCUT2D eigenvalue weighted by Crippen LogP contribution is 2.23. The van der Waals surface area contributed by atoms with Crippen molar-refractivity contribution >= 4 is 23.3 Å². The molecule has 0 amide bonds. The first-order valence-corrected chi connectivity index (χ1v) is 5.30. The molecule has 0 saturated heterocycles. The molecule has 21 heavy (non-hydrogen) atoms. The number of nitrogens with zero attached hydrogens (tertiary/aromatic N) is 2. The Hall–Kier alpha value is -3.30. The number of carboxylic acids is 1. The quantitative estimate of drug-likeness (QED) is 0.356. The standard InChI is InChI=1S/C11H8N2O8/c14-10(15)1-2-11(16)21-6-7-3-8(12(17)18)5-9(4-7)13(19)20/h1-5H,6H2,(H,14,15)/b2-1-. The van der Waals surface area contributed by atoms with E-state index in [0.717, 1.165) is 18.2 Å². The van der Waals surface area contributed by atoms with Gasteiger partial charge in [0, 0.05) is 29.8 Å². The van der Waals surface area contributed by atoms with Gasteiger partial charge >= 0.3 is 11.9 Å². The lowest BCUT2D eigenvalue weighted by Crippen LogP contribution is -2.03. The zero-order valence-corrected chi connectivity index (χ0v) is 10.3. The summed E-state index contributed by atoms with van der Waals surface area (Å²) in [4.78, 5) is 40.9. The first-order chi connectivity index (χ1) is 9.79. The molecule has 0 aliphatic rings. The summed E-state index contributed by atoms with van der Waals surface area (Å²) in [6.07, 6.45) is 1.20. The third-order valence-corrected chi connectivity index (χ3v) is 2.13. The Morgan fingerprint density at radius 2 is 1.62 bits per heavy atom. The topological polar surface area (TPSA) is 150 Å². The minimum absolute atomic E-state index is 0.0352. The average Bonchev–Trinajstić information content (AvgIpc) is 2.42. The highest BCUT2D eigenvalue weighted by atomic mass is 16.6. The molecule has 0 bridgehead atoms. The molecule has 10 nitrogen and oxygen atoms in total. The molecule has 0 atom stereocenters. The summed E-state index contributed by atoms with van der Waals surface area (Å²) in [6, 6.07) is 2.80. The third kappa shape index (κ3) is 5.06. The number of aliphatic carboxylic acids is 1. The van der Waals surface area contributed by atoms with Gasteiger partial charge in [0.15, 0.2) is 0 Å². The van der Waals surface area contributed by atoms with E-state index in [2.05, 4.69) is 4.74 Å². The summed E-state index contributed by atoms with van der Waals surface area (Å²) in [6.45, 7) is -0.467. The Morgan fingerprint density at radius 1 is 1.10 bits per heavy atom. The Morgan fingerprint density at radius 3 is 2.05 bits per heavy atom. The first kappa shape index (κ1) is 15.8. The molecule has 0 unspecified atom stereocenters. The van der Waals surface area contributed by atoms with Gasteiger partial charge in [0.05, 0.1) is 15.9 Å². The Kier molecular flexibility index (Phi) is 5.06. The number of ether oxygens (including phenoxy) is 1. The predicted octanol–water partition coefficient (Wildman–Crippen LogP) is 1.19. The van der Waals surface area contributed by atoms with Crippen LogP contribution < -0.4 is 0 Å². The number of non-ortho nitro benzene ring substituents is 2. The van der Waals surface area contributed by atoms with Crippen LogP contribution in [0.15, 0.2) is 30.4 Å². The summed E-state index contributed by atoms with van der Waals surface area (Å²) >= 11 is 0. The fourth-order valence-electron chi connectivity index (χ4n) is 1.29. The number of nitro benzene ring substituents is 2. The number of carbonyl (C=O) groups excluding carboxylic acids is 1. The van der Waals surface area contributed by atoms with Gasteiger partial charge < -0.3 is 9.84 Å². The zero-order chi connectivity index (χ0) is 16.0. The van der Waals surface area contributed by atoms with Crippen LogP contribution in [0.1, 0.15) is 5.56 Å². The first-order valence-electron chi connectivity index (χ1n) is 5.30. The molecule has 1 aromatic carbocycles. The molecule has 1 N–H and O–H groups in total. The van der Waals surface area contributed by atoms with Crippen molar-refractivity contribution in [2.45, 2.75) is 6.61 Å². The molecule has 0 saturated carbocycles. The van der Waals surface area contributed by atoms with Gasteiger partial charge in [-0.1, -0.05) is 0 Å². The Balaban J connectivity index is 2.88. The molecule has 0 aliphatic carbocycles. The van der Waals surface area contributed by atoms with Crippen LogP contribution in [-0.2, 0) is 20.9 Å². The highest BCUT2D eigenvalue weighted by molar-refractivity contribution is 5.90. The van der Waals surface area contributed by atoms with E-state index in [9.17, 15) is 29.8 Å². The number of benzene rings is 1. The second-order valence-electron chi connectivity index (χ2n) is 3.65. The molecule has 0 aliphatic heterocycles. The molecule has 110 valence electrons. The van der Waals surface area contributed by atoms with Crippen molar-refractivity contribution in [1.82, 2.24) is 0 Å².